The smallest absolute Gasteiger partial charge is 0.251 e. The van der Waals surface area contributed by atoms with E-state index in [1.54, 1.807) is 6.07 Å². The third-order valence-electron chi connectivity index (χ3n) is 3.74. The zero-order chi connectivity index (χ0) is 14.2. The van der Waals surface area contributed by atoms with Crippen LogP contribution < -0.4 is 16.2 Å². The molecule has 1 aromatic heterocycles. The van der Waals surface area contributed by atoms with Gasteiger partial charge in [-0.15, -0.1) is 0 Å². The first-order chi connectivity index (χ1) is 9.75. The maximum atomic E-state index is 11.8. The minimum Gasteiger partial charge on any atom is -0.351 e. The summed E-state index contributed by atoms with van der Waals surface area (Å²) < 4.78 is 0. The van der Waals surface area contributed by atoms with Gasteiger partial charge in [0.15, 0.2) is 0 Å². The summed E-state index contributed by atoms with van der Waals surface area (Å²) in [7, 11) is 0. The maximum Gasteiger partial charge on any atom is 0.251 e. The molecule has 0 saturated heterocycles. The molecule has 1 heterocycles. The minimum absolute atomic E-state index is 0.196. The van der Waals surface area contributed by atoms with Crippen LogP contribution in [-0.4, -0.2) is 30.0 Å². The minimum atomic E-state index is -0.255. The van der Waals surface area contributed by atoms with Gasteiger partial charge < -0.3 is 15.6 Å². The molecule has 1 aromatic rings. The van der Waals surface area contributed by atoms with Gasteiger partial charge in [0.2, 0.25) is 5.56 Å². The van der Waals surface area contributed by atoms with Gasteiger partial charge in [-0.3, -0.25) is 9.59 Å². The Kier molecular flexibility index (Phi) is 5.80. The average Bonchev–Trinajstić information content (AvgIpc) is 2.72. The van der Waals surface area contributed by atoms with E-state index < -0.39 is 0 Å². The molecule has 1 aliphatic rings. The highest BCUT2D eigenvalue weighted by atomic mass is 16.2. The summed E-state index contributed by atoms with van der Waals surface area (Å²) in [6.07, 6.45) is 9.26. The van der Waals surface area contributed by atoms with Crippen LogP contribution in [0.2, 0.25) is 0 Å². The van der Waals surface area contributed by atoms with E-state index in [2.05, 4.69) is 15.6 Å². The number of nitrogens with one attached hydrogen (secondary N) is 3. The van der Waals surface area contributed by atoms with Gasteiger partial charge in [0.05, 0.1) is 0 Å². The van der Waals surface area contributed by atoms with Crippen molar-refractivity contribution in [2.75, 3.05) is 13.1 Å². The predicted octanol–water partition coefficient (Wildman–Crippen LogP) is 1.42. The van der Waals surface area contributed by atoms with Crippen molar-refractivity contribution in [3.05, 3.63) is 34.2 Å². The third-order valence-corrected chi connectivity index (χ3v) is 3.74. The Bertz CT molecular complexity index is 476. The molecule has 2 rings (SSSR count). The molecule has 110 valence electrons. The molecule has 0 aromatic carbocycles. The monoisotopic (exact) mass is 277 g/mol. The molecule has 1 amide bonds. The molecular formula is C15H23N3O2. The van der Waals surface area contributed by atoms with Gasteiger partial charge in [0, 0.05) is 37.0 Å². The van der Waals surface area contributed by atoms with Crippen molar-refractivity contribution in [2.24, 2.45) is 0 Å². The molecule has 5 nitrogen and oxygen atoms in total. The number of amides is 1. The number of rotatable bonds is 5. The van der Waals surface area contributed by atoms with E-state index in [-0.39, 0.29) is 11.5 Å². The second kappa shape index (κ2) is 7.85. The Morgan fingerprint density at radius 3 is 2.65 bits per heavy atom. The first-order valence-corrected chi connectivity index (χ1v) is 7.46. The maximum absolute atomic E-state index is 11.8. The van der Waals surface area contributed by atoms with E-state index in [4.69, 9.17) is 0 Å². The van der Waals surface area contributed by atoms with E-state index in [0.29, 0.717) is 18.2 Å². The molecule has 3 N–H and O–H groups in total. The van der Waals surface area contributed by atoms with Crippen molar-refractivity contribution in [2.45, 2.75) is 44.6 Å². The number of pyridine rings is 1. The van der Waals surface area contributed by atoms with Gasteiger partial charge in [-0.25, -0.2) is 0 Å². The Morgan fingerprint density at radius 2 is 1.95 bits per heavy atom. The van der Waals surface area contributed by atoms with Gasteiger partial charge in [0.1, 0.15) is 0 Å². The number of H-pyrrole nitrogens is 1. The molecule has 5 heteroatoms. The van der Waals surface area contributed by atoms with Crippen LogP contribution in [0.5, 0.6) is 0 Å². The summed E-state index contributed by atoms with van der Waals surface area (Å²) in [5, 5.41) is 6.32. The van der Waals surface area contributed by atoms with Gasteiger partial charge in [-0.2, -0.15) is 0 Å². The van der Waals surface area contributed by atoms with Crippen molar-refractivity contribution in [3.8, 4) is 0 Å². The number of aromatic nitrogens is 1. The molecule has 1 aliphatic carbocycles. The van der Waals surface area contributed by atoms with E-state index in [0.717, 1.165) is 6.54 Å². The Hall–Kier alpha value is -1.62. The molecule has 0 atom stereocenters. The molecule has 20 heavy (non-hydrogen) atoms. The fourth-order valence-corrected chi connectivity index (χ4v) is 2.62. The summed E-state index contributed by atoms with van der Waals surface area (Å²) in [6.45, 7) is 1.36. The molecule has 0 radical (unpaired) electrons. The lowest BCUT2D eigenvalue weighted by atomic mass is 10.1. The van der Waals surface area contributed by atoms with Gasteiger partial charge >= 0.3 is 0 Å². The van der Waals surface area contributed by atoms with Crippen molar-refractivity contribution in [1.82, 2.24) is 15.6 Å². The highest BCUT2D eigenvalue weighted by Crippen LogP contribution is 2.16. The zero-order valence-electron chi connectivity index (χ0n) is 11.8. The standard InChI is InChI=1S/C15H23N3O2/c19-14-11-12(7-8-17-14)15(20)18-10-9-16-13-5-3-1-2-4-6-13/h7-8,11,13,16H,1-6,9-10H2,(H,17,19)(H,18,20). The molecular weight excluding hydrogens is 254 g/mol. The second-order valence-electron chi connectivity index (χ2n) is 5.34. The first-order valence-electron chi connectivity index (χ1n) is 7.46. The van der Waals surface area contributed by atoms with E-state index in [1.165, 1.54) is 50.8 Å². The highest BCUT2D eigenvalue weighted by molar-refractivity contribution is 5.93. The van der Waals surface area contributed by atoms with E-state index >= 15 is 0 Å². The van der Waals surface area contributed by atoms with E-state index in [9.17, 15) is 9.59 Å². The molecule has 0 spiro atoms. The number of carbonyl (C=O) groups excluding carboxylic acids is 1. The van der Waals surface area contributed by atoms with Crippen LogP contribution in [0.4, 0.5) is 0 Å². The van der Waals surface area contributed by atoms with Gasteiger partial charge in [-0.1, -0.05) is 25.7 Å². The number of hydrogen-bond acceptors (Lipinski definition) is 3. The largest absolute Gasteiger partial charge is 0.351 e. The molecule has 1 saturated carbocycles. The summed E-state index contributed by atoms with van der Waals surface area (Å²) in [4.78, 5) is 25.4. The number of carbonyl (C=O) groups is 1. The summed E-state index contributed by atoms with van der Waals surface area (Å²) >= 11 is 0. The predicted molar refractivity (Wildman–Crippen MR) is 78.9 cm³/mol. The molecule has 0 bridgehead atoms. The Morgan fingerprint density at radius 1 is 1.20 bits per heavy atom. The fraction of sp³-hybridized carbons (Fsp3) is 0.600. The average molecular weight is 277 g/mol. The van der Waals surface area contributed by atoms with Crippen LogP contribution in [-0.2, 0) is 0 Å². The lowest BCUT2D eigenvalue weighted by molar-refractivity contribution is 0.0953. The lowest BCUT2D eigenvalue weighted by Crippen LogP contribution is -2.37. The van der Waals surface area contributed by atoms with Crippen molar-refractivity contribution >= 4 is 5.91 Å². The quantitative estimate of drug-likeness (QED) is 0.563. The van der Waals surface area contributed by atoms with Gasteiger partial charge in [-0.05, 0) is 18.9 Å². The zero-order valence-corrected chi connectivity index (χ0v) is 11.8. The van der Waals surface area contributed by atoms with Crippen LogP contribution in [0.3, 0.4) is 0 Å². The van der Waals surface area contributed by atoms with Crippen LogP contribution >= 0.6 is 0 Å². The normalized spacial score (nSPS) is 16.6. The van der Waals surface area contributed by atoms with E-state index in [1.807, 2.05) is 0 Å². The van der Waals surface area contributed by atoms with Crippen molar-refractivity contribution < 1.29 is 4.79 Å². The summed E-state index contributed by atoms with van der Waals surface area (Å²) in [5.41, 5.74) is 0.150. The molecule has 1 fully saturated rings. The second-order valence-corrected chi connectivity index (χ2v) is 5.34. The SMILES string of the molecule is O=C(NCCNC1CCCCCC1)c1cc[nH]c(=O)c1. The first kappa shape index (κ1) is 14.8. The van der Waals surface area contributed by atoms with Crippen LogP contribution in [0.15, 0.2) is 23.1 Å². The lowest BCUT2D eigenvalue weighted by Gasteiger charge is -2.16. The third kappa shape index (κ3) is 4.81. The van der Waals surface area contributed by atoms with Crippen molar-refractivity contribution in [1.29, 1.82) is 0 Å². The topological polar surface area (TPSA) is 74.0 Å². The summed E-state index contributed by atoms with van der Waals surface area (Å²) in [6, 6.07) is 3.51. The number of hydrogen-bond donors (Lipinski definition) is 3. The van der Waals surface area contributed by atoms with Crippen molar-refractivity contribution in [3.63, 3.8) is 0 Å². The number of aromatic amines is 1. The molecule has 0 aliphatic heterocycles. The Labute approximate surface area is 119 Å². The fourth-order valence-electron chi connectivity index (χ4n) is 2.62. The van der Waals surface area contributed by atoms with Crippen LogP contribution in [0.25, 0.3) is 0 Å². The van der Waals surface area contributed by atoms with Crippen LogP contribution in [0, 0.1) is 0 Å². The highest BCUT2D eigenvalue weighted by Gasteiger charge is 2.11. The van der Waals surface area contributed by atoms with Crippen LogP contribution in [0.1, 0.15) is 48.9 Å². The Balaban J connectivity index is 1.67. The summed E-state index contributed by atoms with van der Waals surface area (Å²) in [5.74, 6) is -0.196. The van der Waals surface area contributed by atoms with Gasteiger partial charge in [0.25, 0.3) is 5.91 Å². The molecule has 0 unspecified atom stereocenters.